The molecule has 1 heterocycles. The standard InChI is InChI=1S/C7H13NS/c1-2-3-7-6(8)4-5-9-7/h4-7H,2-3,8H2,1H3. The number of hydrogen-bond donors (Lipinski definition) is 1. The van der Waals surface area contributed by atoms with E-state index >= 15 is 0 Å². The van der Waals surface area contributed by atoms with E-state index in [-0.39, 0.29) is 0 Å². The first-order chi connectivity index (χ1) is 4.34. The van der Waals surface area contributed by atoms with Crippen LogP contribution in [0.3, 0.4) is 0 Å². The summed E-state index contributed by atoms with van der Waals surface area (Å²) in [6.45, 7) is 2.20. The molecular formula is C7H13NS. The normalized spacial score (nSPS) is 33.6. The molecule has 0 saturated heterocycles. The molecule has 0 spiro atoms. The molecule has 2 unspecified atom stereocenters. The van der Waals surface area contributed by atoms with Gasteiger partial charge in [0.2, 0.25) is 0 Å². The first-order valence-corrected chi connectivity index (χ1v) is 4.36. The monoisotopic (exact) mass is 143 g/mol. The van der Waals surface area contributed by atoms with Crippen molar-refractivity contribution >= 4 is 11.8 Å². The van der Waals surface area contributed by atoms with Gasteiger partial charge in [-0.3, -0.25) is 0 Å². The molecular weight excluding hydrogens is 130 g/mol. The third-order valence-corrected chi connectivity index (χ3v) is 2.77. The predicted octanol–water partition coefficient (Wildman–Crippen LogP) is 1.74. The average molecular weight is 143 g/mol. The molecule has 0 aromatic carbocycles. The van der Waals surface area contributed by atoms with Gasteiger partial charge in [0.05, 0.1) is 0 Å². The van der Waals surface area contributed by atoms with Gasteiger partial charge < -0.3 is 5.73 Å². The quantitative estimate of drug-likeness (QED) is 0.637. The molecule has 0 fully saturated rings. The van der Waals surface area contributed by atoms with E-state index in [1.165, 1.54) is 12.8 Å². The molecule has 2 heteroatoms. The average Bonchev–Trinajstić information content (AvgIpc) is 2.18. The van der Waals surface area contributed by atoms with E-state index in [1.807, 2.05) is 11.8 Å². The van der Waals surface area contributed by atoms with Gasteiger partial charge in [0, 0.05) is 11.3 Å². The summed E-state index contributed by atoms with van der Waals surface area (Å²) in [7, 11) is 0. The lowest BCUT2D eigenvalue weighted by atomic mass is 10.1. The van der Waals surface area contributed by atoms with Gasteiger partial charge in [0.25, 0.3) is 0 Å². The van der Waals surface area contributed by atoms with E-state index in [9.17, 15) is 0 Å². The molecule has 0 bridgehead atoms. The van der Waals surface area contributed by atoms with E-state index in [4.69, 9.17) is 5.73 Å². The summed E-state index contributed by atoms with van der Waals surface area (Å²) in [5, 5.41) is 2.78. The molecule has 1 rings (SSSR count). The largest absolute Gasteiger partial charge is 0.323 e. The topological polar surface area (TPSA) is 26.0 Å². The summed E-state index contributed by atoms with van der Waals surface area (Å²) >= 11 is 1.87. The van der Waals surface area contributed by atoms with Crippen LogP contribution >= 0.6 is 11.8 Å². The van der Waals surface area contributed by atoms with E-state index < -0.39 is 0 Å². The van der Waals surface area contributed by atoms with Crippen LogP contribution in [-0.2, 0) is 0 Å². The van der Waals surface area contributed by atoms with Gasteiger partial charge in [-0.1, -0.05) is 19.4 Å². The Bertz CT molecular complexity index is 111. The van der Waals surface area contributed by atoms with Crippen molar-refractivity contribution in [3.63, 3.8) is 0 Å². The van der Waals surface area contributed by atoms with Crippen molar-refractivity contribution in [1.29, 1.82) is 0 Å². The lowest BCUT2D eigenvalue weighted by Gasteiger charge is -2.11. The molecule has 1 nitrogen and oxygen atoms in total. The van der Waals surface area contributed by atoms with Crippen LogP contribution in [0.1, 0.15) is 19.8 Å². The highest BCUT2D eigenvalue weighted by molar-refractivity contribution is 8.03. The molecule has 9 heavy (non-hydrogen) atoms. The van der Waals surface area contributed by atoms with Crippen LogP contribution < -0.4 is 5.73 Å². The molecule has 0 aromatic rings. The van der Waals surface area contributed by atoms with Crippen LogP contribution in [0.2, 0.25) is 0 Å². The van der Waals surface area contributed by atoms with Crippen LogP contribution in [-0.4, -0.2) is 11.3 Å². The fraction of sp³-hybridized carbons (Fsp3) is 0.714. The van der Waals surface area contributed by atoms with E-state index in [0.29, 0.717) is 11.3 Å². The minimum atomic E-state index is 0.315. The third kappa shape index (κ3) is 1.73. The lowest BCUT2D eigenvalue weighted by Crippen LogP contribution is -2.26. The van der Waals surface area contributed by atoms with Crippen molar-refractivity contribution in [2.75, 3.05) is 0 Å². The van der Waals surface area contributed by atoms with Gasteiger partial charge in [-0.15, -0.1) is 11.8 Å². The zero-order chi connectivity index (χ0) is 6.69. The van der Waals surface area contributed by atoms with Crippen LogP contribution in [0, 0.1) is 0 Å². The number of hydrogen-bond acceptors (Lipinski definition) is 2. The fourth-order valence-corrected chi connectivity index (χ4v) is 2.11. The van der Waals surface area contributed by atoms with Gasteiger partial charge in [0.1, 0.15) is 0 Å². The van der Waals surface area contributed by atoms with Crippen molar-refractivity contribution in [2.45, 2.75) is 31.1 Å². The molecule has 0 amide bonds. The summed E-state index contributed by atoms with van der Waals surface area (Å²) in [4.78, 5) is 0. The minimum absolute atomic E-state index is 0.315. The van der Waals surface area contributed by atoms with Gasteiger partial charge in [-0.05, 0) is 11.8 Å². The Hall–Kier alpha value is 0.0500. The van der Waals surface area contributed by atoms with Crippen molar-refractivity contribution in [2.24, 2.45) is 5.73 Å². The maximum absolute atomic E-state index is 5.76. The highest BCUT2D eigenvalue weighted by Gasteiger charge is 2.17. The summed E-state index contributed by atoms with van der Waals surface area (Å²) in [6.07, 6.45) is 4.58. The summed E-state index contributed by atoms with van der Waals surface area (Å²) < 4.78 is 0. The Labute approximate surface area is 60.7 Å². The molecule has 1 aliphatic rings. The SMILES string of the molecule is CCCC1SC=CC1N. The Morgan fingerprint density at radius 1 is 1.67 bits per heavy atom. The smallest absolute Gasteiger partial charge is 0.0356 e. The number of nitrogens with two attached hydrogens (primary N) is 1. The third-order valence-electron chi connectivity index (χ3n) is 1.56. The molecule has 0 aromatic heterocycles. The summed E-state index contributed by atoms with van der Waals surface area (Å²) in [6, 6.07) is 0.315. The predicted molar refractivity (Wildman–Crippen MR) is 43.4 cm³/mol. The van der Waals surface area contributed by atoms with Crippen LogP contribution in [0.4, 0.5) is 0 Å². The van der Waals surface area contributed by atoms with E-state index in [2.05, 4.69) is 18.4 Å². The second kappa shape index (κ2) is 3.28. The molecule has 52 valence electrons. The fourth-order valence-electron chi connectivity index (χ4n) is 0.997. The maximum atomic E-state index is 5.76. The first-order valence-electron chi connectivity index (χ1n) is 3.42. The minimum Gasteiger partial charge on any atom is -0.323 e. The van der Waals surface area contributed by atoms with E-state index in [0.717, 1.165) is 0 Å². The molecule has 0 aliphatic carbocycles. The number of rotatable bonds is 2. The molecule has 0 saturated carbocycles. The highest BCUT2D eigenvalue weighted by Crippen LogP contribution is 2.26. The molecule has 1 aliphatic heterocycles. The Morgan fingerprint density at radius 2 is 2.44 bits per heavy atom. The van der Waals surface area contributed by atoms with Gasteiger partial charge in [0.15, 0.2) is 0 Å². The first kappa shape index (κ1) is 7.16. The highest BCUT2D eigenvalue weighted by atomic mass is 32.2. The Balaban J connectivity index is 2.28. The van der Waals surface area contributed by atoms with Crippen molar-refractivity contribution in [3.05, 3.63) is 11.5 Å². The summed E-state index contributed by atoms with van der Waals surface area (Å²) in [5.41, 5.74) is 5.76. The van der Waals surface area contributed by atoms with Gasteiger partial charge in [-0.2, -0.15) is 0 Å². The van der Waals surface area contributed by atoms with Gasteiger partial charge in [-0.25, -0.2) is 0 Å². The van der Waals surface area contributed by atoms with Crippen LogP contribution in [0.25, 0.3) is 0 Å². The van der Waals surface area contributed by atoms with Crippen molar-refractivity contribution < 1.29 is 0 Å². The van der Waals surface area contributed by atoms with Crippen molar-refractivity contribution in [1.82, 2.24) is 0 Å². The molecule has 2 atom stereocenters. The number of thioether (sulfide) groups is 1. The van der Waals surface area contributed by atoms with Crippen molar-refractivity contribution in [3.8, 4) is 0 Å². The zero-order valence-corrected chi connectivity index (χ0v) is 6.53. The lowest BCUT2D eigenvalue weighted by molar-refractivity contribution is 0.681. The second-order valence-corrected chi connectivity index (χ2v) is 3.52. The van der Waals surface area contributed by atoms with Gasteiger partial charge >= 0.3 is 0 Å². The summed E-state index contributed by atoms with van der Waals surface area (Å²) in [5.74, 6) is 0. The van der Waals surface area contributed by atoms with E-state index in [1.54, 1.807) is 0 Å². The molecule has 0 radical (unpaired) electrons. The Kier molecular flexibility index (Phi) is 2.61. The zero-order valence-electron chi connectivity index (χ0n) is 5.71. The molecule has 2 N–H and O–H groups in total. The van der Waals surface area contributed by atoms with Crippen LogP contribution in [0.5, 0.6) is 0 Å². The Morgan fingerprint density at radius 3 is 2.89 bits per heavy atom. The second-order valence-electron chi connectivity index (χ2n) is 2.37. The van der Waals surface area contributed by atoms with Crippen LogP contribution in [0.15, 0.2) is 11.5 Å². The maximum Gasteiger partial charge on any atom is 0.0356 e.